The van der Waals surface area contributed by atoms with Gasteiger partial charge in [0.05, 0.1) is 17.0 Å². The standard InChI is InChI=1S/C27H26N4O3/c1-18-12-13-24(28-15-18)29-27(34)19-7-6-14-30(16-19)25(32)17-31-22-10-4-2-8-20(22)26(33)21-9-3-5-11-23(21)31/h2-5,8-13,15,19H,6-7,14,16-17H2,1H3,(H,28,29,34). The first-order valence-corrected chi connectivity index (χ1v) is 11.5. The van der Waals surface area contributed by atoms with E-state index in [4.69, 9.17) is 0 Å². The third-order valence-electron chi connectivity index (χ3n) is 6.48. The van der Waals surface area contributed by atoms with Crippen molar-refractivity contribution in [1.82, 2.24) is 14.5 Å². The summed E-state index contributed by atoms with van der Waals surface area (Å²) >= 11 is 0. The van der Waals surface area contributed by atoms with Crippen molar-refractivity contribution in [2.75, 3.05) is 18.4 Å². The van der Waals surface area contributed by atoms with Gasteiger partial charge in [0.15, 0.2) is 5.43 Å². The van der Waals surface area contributed by atoms with Crippen molar-refractivity contribution >= 4 is 39.4 Å². The summed E-state index contributed by atoms with van der Waals surface area (Å²) in [5, 5.41) is 4.06. The summed E-state index contributed by atoms with van der Waals surface area (Å²) in [4.78, 5) is 45.2. The van der Waals surface area contributed by atoms with Crippen LogP contribution in [0.3, 0.4) is 0 Å². The largest absolute Gasteiger partial charge is 0.340 e. The van der Waals surface area contributed by atoms with Crippen LogP contribution in [0.15, 0.2) is 71.7 Å². The van der Waals surface area contributed by atoms with Gasteiger partial charge in [0, 0.05) is 30.1 Å². The lowest BCUT2D eigenvalue weighted by molar-refractivity contribution is -0.135. The van der Waals surface area contributed by atoms with Gasteiger partial charge >= 0.3 is 0 Å². The number of benzene rings is 2. The highest BCUT2D eigenvalue weighted by Gasteiger charge is 2.29. The number of hydrogen-bond donors (Lipinski definition) is 1. The molecule has 1 aliphatic rings. The first-order valence-electron chi connectivity index (χ1n) is 11.5. The number of nitrogens with zero attached hydrogens (tertiary/aromatic N) is 3. The molecule has 7 nitrogen and oxygen atoms in total. The van der Waals surface area contributed by atoms with E-state index in [-0.39, 0.29) is 29.7 Å². The number of pyridine rings is 2. The van der Waals surface area contributed by atoms with Gasteiger partial charge in [-0.05, 0) is 55.7 Å². The molecule has 172 valence electrons. The molecule has 1 aliphatic heterocycles. The zero-order valence-corrected chi connectivity index (χ0v) is 19.0. The predicted octanol–water partition coefficient (Wildman–Crippen LogP) is 3.74. The van der Waals surface area contributed by atoms with Gasteiger partial charge in [-0.3, -0.25) is 14.4 Å². The minimum atomic E-state index is -0.289. The zero-order chi connectivity index (χ0) is 23.7. The number of aromatic nitrogens is 2. The number of piperidine rings is 1. The normalized spacial score (nSPS) is 16.0. The van der Waals surface area contributed by atoms with Crippen LogP contribution < -0.4 is 10.7 Å². The molecule has 0 spiro atoms. The number of rotatable bonds is 4. The number of amides is 2. The summed E-state index contributed by atoms with van der Waals surface area (Å²) in [5.41, 5.74) is 2.46. The number of carbonyl (C=O) groups excluding carboxylic acids is 2. The van der Waals surface area contributed by atoms with Gasteiger partial charge in [0.25, 0.3) is 0 Å². The predicted molar refractivity (Wildman–Crippen MR) is 133 cm³/mol. The van der Waals surface area contributed by atoms with E-state index in [2.05, 4.69) is 10.3 Å². The highest BCUT2D eigenvalue weighted by molar-refractivity contribution is 5.95. The Balaban J connectivity index is 1.38. The van der Waals surface area contributed by atoms with Gasteiger partial charge in [-0.1, -0.05) is 30.3 Å². The molecule has 1 N–H and O–H groups in total. The first-order chi connectivity index (χ1) is 16.5. The molecule has 2 amide bonds. The van der Waals surface area contributed by atoms with Crippen LogP contribution in [0.5, 0.6) is 0 Å². The van der Waals surface area contributed by atoms with Crippen LogP contribution in [-0.4, -0.2) is 39.4 Å². The average Bonchev–Trinajstić information content (AvgIpc) is 2.88. The molecule has 0 radical (unpaired) electrons. The summed E-state index contributed by atoms with van der Waals surface area (Å²) in [5.74, 6) is 0.0478. The van der Waals surface area contributed by atoms with Crippen molar-refractivity contribution in [2.45, 2.75) is 26.3 Å². The molecule has 2 aromatic carbocycles. The molecule has 0 bridgehead atoms. The molecule has 4 aromatic rings. The number of nitrogens with one attached hydrogen (secondary N) is 1. The topological polar surface area (TPSA) is 84.3 Å². The Morgan fingerprint density at radius 1 is 1.00 bits per heavy atom. The minimum Gasteiger partial charge on any atom is -0.340 e. The van der Waals surface area contributed by atoms with E-state index < -0.39 is 0 Å². The smallest absolute Gasteiger partial charge is 0.242 e. The summed E-state index contributed by atoms with van der Waals surface area (Å²) in [7, 11) is 0. The molecule has 1 fully saturated rings. The maximum Gasteiger partial charge on any atom is 0.242 e. The molecule has 0 aliphatic carbocycles. The second-order valence-electron chi connectivity index (χ2n) is 8.84. The molecule has 1 unspecified atom stereocenters. The molecular formula is C27H26N4O3. The third kappa shape index (κ3) is 4.17. The Hall–Kier alpha value is -4.00. The SMILES string of the molecule is Cc1ccc(NC(=O)C2CCCN(C(=O)Cn3c4ccccc4c(=O)c4ccccc43)C2)nc1. The second-order valence-corrected chi connectivity index (χ2v) is 8.84. The van der Waals surface area contributed by atoms with Crippen molar-refractivity contribution in [2.24, 2.45) is 5.92 Å². The number of likely N-dealkylation sites (tertiary alicyclic amines) is 1. The van der Waals surface area contributed by atoms with Crippen LogP contribution in [0.25, 0.3) is 21.8 Å². The molecule has 3 heterocycles. The molecular weight excluding hydrogens is 428 g/mol. The highest BCUT2D eigenvalue weighted by Crippen LogP contribution is 2.22. The molecule has 5 rings (SSSR count). The maximum absolute atomic E-state index is 13.4. The Labute approximate surface area is 197 Å². The van der Waals surface area contributed by atoms with Crippen molar-refractivity contribution in [3.8, 4) is 0 Å². The molecule has 2 aromatic heterocycles. The van der Waals surface area contributed by atoms with Crippen LogP contribution in [0.1, 0.15) is 18.4 Å². The Kier molecular flexibility index (Phi) is 5.84. The van der Waals surface area contributed by atoms with Crippen LogP contribution in [-0.2, 0) is 16.1 Å². The van der Waals surface area contributed by atoms with Gasteiger partial charge in [0.1, 0.15) is 12.4 Å². The number of carbonyl (C=O) groups is 2. The van der Waals surface area contributed by atoms with Crippen molar-refractivity contribution < 1.29 is 9.59 Å². The fourth-order valence-corrected chi connectivity index (χ4v) is 4.67. The van der Waals surface area contributed by atoms with E-state index >= 15 is 0 Å². The number of aryl methyl sites for hydroxylation is 1. The van der Waals surface area contributed by atoms with Crippen LogP contribution in [0.4, 0.5) is 5.82 Å². The van der Waals surface area contributed by atoms with Crippen LogP contribution in [0.2, 0.25) is 0 Å². The minimum absolute atomic E-state index is 0.0330. The highest BCUT2D eigenvalue weighted by atomic mass is 16.2. The summed E-state index contributed by atoms with van der Waals surface area (Å²) in [6.07, 6.45) is 3.20. The van der Waals surface area contributed by atoms with E-state index in [1.165, 1.54) is 0 Å². The molecule has 0 saturated carbocycles. The number of hydrogen-bond acceptors (Lipinski definition) is 4. The van der Waals surface area contributed by atoms with Gasteiger partial charge in [0.2, 0.25) is 11.8 Å². The van der Waals surface area contributed by atoms with Gasteiger partial charge in [-0.15, -0.1) is 0 Å². The summed E-state index contributed by atoms with van der Waals surface area (Å²) in [6, 6.07) is 18.4. The maximum atomic E-state index is 13.4. The molecule has 34 heavy (non-hydrogen) atoms. The van der Waals surface area contributed by atoms with E-state index in [1.54, 1.807) is 29.3 Å². The molecule has 7 heteroatoms. The van der Waals surface area contributed by atoms with Crippen molar-refractivity contribution in [3.63, 3.8) is 0 Å². The van der Waals surface area contributed by atoms with Crippen LogP contribution >= 0.6 is 0 Å². The van der Waals surface area contributed by atoms with Crippen molar-refractivity contribution in [1.29, 1.82) is 0 Å². The van der Waals surface area contributed by atoms with E-state index in [1.807, 2.05) is 54.0 Å². The number of anilines is 1. The number of fused-ring (bicyclic) bond motifs is 2. The third-order valence-corrected chi connectivity index (χ3v) is 6.48. The number of para-hydroxylation sites is 2. The Morgan fingerprint density at radius 2 is 1.68 bits per heavy atom. The van der Waals surface area contributed by atoms with E-state index in [0.29, 0.717) is 29.7 Å². The lowest BCUT2D eigenvalue weighted by atomic mass is 9.97. The molecule has 1 atom stereocenters. The van der Waals surface area contributed by atoms with Crippen LogP contribution in [0, 0.1) is 12.8 Å². The monoisotopic (exact) mass is 454 g/mol. The molecule has 1 saturated heterocycles. The Bertz CT molecular complexity index is 1380. The first kappa shape index (κ1) is 21.8. The average molecular weight is 455 g/mol. The van der Waals surface area contributed by atoms with E-state index in [0.717, 1.165) is 29.4 Å². The van der Waals surface area contributed by atoms with Gasteiger partial charge in [-0.25, -0.2) is 4.98 Å². The lowest BCUT2D eigenvalue weighted by Gasteiger charge is -2.32. The summed E-state index contributed by atoms with van der Waals surface area (Å²) < 4.78 is 1.91. The quantitative estimate of drug-likeness (QED) is 0.476. The zero-order valence-electron chi connectivity index (χ0n) is 19.0. The van der Waals surface area contributed by atoms with Gasteiger partial charge < -0.3 is 14.8 Å². The Morgan fingerprint density at radius 3 is 2.32 bits per heavy atom. The van der Waals surface area contributed by atoms with Gasteiger partial charge in [-0.2, -0.15) is 0 Å². The van der Waals surface area contributed by atoms with Crippen molar-refractivity contribution in [3.05, 3.63) is 82.6 Å². The summed E-state index contributed by atoms with van der Waals surface area (Å²) in [6.45, 7) is 3.03. The fraction of sp³-hybridized carbons (Fsp3) is 0.259. The fourth-order valence-electron chi connectivity index (χ4n) is 4.67. The lowest BCUT2D eigenvalue weighted by Crippen LogP contribution is -2.45. The second kappa shape index (κ2) is 9.09. The van der Waals surface area contributed by atoms with E-state index in [9.17, 15) is 14.4 Å².